The number of aromatic nitrogens is 4. The van der Waals surface area contributed by atoms with Gasteiger partial charge < -0.3 is 9.55 Å². The van der Waals surface area contributed by atoms with Crippen LogP contribution in [0.2, 0.25) is 0 Å². The van der Waals surface area contributed by atoms with Crippen molar-refractivity contribution in [3.63, 3.8) is 0 Å². The molecule has 3 aliphatic rings. The Hall–Kier alpha value is -2.31. The van der Waals surface area contributed by atoms with E-state index in [1.807, 2.05) is 12.3 Å². The Kier molecular flexibility index (Phi) is 5.08. The molecule has 7 rings (SSSR count). The maximum Gasteiger partial charge on any atom is 0.140 e. The molecule has 35 heavy (non-hydrogen) atoms. The quantitative estimate of drug-likeness (QED) is 0.368. The molecule has 0 atom stereocenters. The summed E-state index contributed by atoms with van der Waals surface area (Å²) in [4.78, 5) is 16.5. The van der Waals surface area contributed by atoms with Gasteiger partial charge in [0.2, 0.25) is 0 Å². The molecule has 6 heteroatoms. The van der Waals surface area contributed by atoms with Crippen molar-refractivity contribution >= 4 is 33.8 Å². The van der Waals surface area contributed by atoms with Gasteiger partial charge in [-0.05, 0) is 55.9 Å². The zero-order valence-corrected chi connectivity index (χ0v) is 21.9. The predicted molar refractivity (Wildman–Crippen MR) is 146 cm³/mol. The maximum absolute atomic E-state index is 5.33. The number of nitrogens with zero attached hydrogens (tertiary/aromatic N) is 4. The molecule has 1 aliphatic carbocycles. The summed E-state index contributed by atoms with van der Waals surface area (Å²) >= 11 is 2.13. The number of likely N-dealkylation sites (tertiary alicyclic amines) is 1. The van der Waals surface area contributed by atoms with Crippen LogP contribution in [0.4, 0.5) is 0 Å². The van der Waals surface area contributed by atoms with E-state index in [9.17, 15) is 0 Å². The van der Waals surface area contributed by atoms with E-state index in [2.05, 4.69) is 76.5 Å². The Morgan fingerprint density at radius 3 is 2.60 bits per heavy atom. The average molecular weight is 486 g/mol. The van der Waals surface area contributed by atoms with Gasteiger partial charge in [-0.2, -0.15) is 11.8 Å². The number of aryl methyl sites for hydroxylation is 1. The van der Waals surface area contributed by atoms with Crippen molar-refractivity contribution in [2.75, 3.05) is 24.6 Å². The molecule has 3 fully saturated rings. The van der Waals surface area contributed by atoms with E-state index in [0.717, 1.165) is 22.7 Å². The van der Waals surface area contributed by atoms with Crippen LogP contribution in [0.25, 0.3) is 33.3 Å². The number of hydrogen-bond donors (Lipinski definition) is 1. The van der Waals surface area contributed by atoms with Gasteiger partial charge in [0.05, 0.1) is 16.7 Å². The van der Waals surface area contributed by atoms with E-state index in [4.69, 9.17) is 4.98 Å². The lowest BCUT2D eigenvalue weighted by molar-refractivity contribution is -0.0200. The molecule has 1 N–H and O–H groups in total. The lowest BCUT2D eigenvalue weighted by Gasteiger charge is -2.58. The third-order valence-corrected chi connectivity index (χ3v) is 10.4. The van der Waals surface area contributed by atoms with Crippen molar-refractivity contribution in [2.24, 2.45) is 12.5 Å². The summed E-state index contributed by atoms with van der Waals surface area (Å²) < 4.78 is 2.13. The van der Waals surface area contributed by atoms with Gasteiger partial charge in [0.15, 0.2) is 0 Å². The van der Waals surface area contributed by atoms with Crippen molar-refractivity contribution in [1.29, 1.82) is 0 Å². The molecule has 0 radical (unpaired) electrons. The number of H-pyrrole nitrogens is 1. The first kappa shape index (κ1) is 21.9. The number of fused-ring (bicyclic) bond motifs is 2. The second-order valence-corrected chi connectivity index (χ2v) is 12.6. The summed E-state index contributed by atoms with van der Waals surface area (Å²) in [5.41, 5.74) is 9.06. The van der Waals surface area contributed by atoms with Gasteiger partial charge in [-0.3, -0.25) is 9.88 Å². The van der Waals surface area contributed by atoms with Crippen LogP contribution < -0.4 is 0 Å². The standard InChI is InChI=1S/C29H35N5S/c1-18(2)25-26(22-13-33(3)28-21(22)5-4-12-30-28)32-24-11-10-23(31-27(24)25)19-6-8-20(9-7-19)34-14-29(15-34)16-35-17-29/h4-5,10-13,18-20,32H,6-9,14-17H2,1-3H3. The van der Waals surface area contributed by atoms with Crippen LogP contribution in [-0.4, -0.2) is 55.1 Å². The zero-order valence-electron chi connectivity index (χ0n) is 21.1. The number of aromatic amines is 1. The Bertz CT molecular complexity index is 1400. The first-order valence-corrected chi connectivity index (χ1v) is 14.4. The number of pyridine rings is 2. The van der Waals surface area contributed by atoms with Crippen LogP contribution in [-0.2, 0) is 7.05 Å². The van der Waals surface area contributed by atoms with Crippen molar-refractivity contribution in [1.82, 2.24) is 24.4 Å². The Morgan fingerprint density at radius 1 is 1.09 bits per heavy atom. The van der Waals surface area contributed by atoms with E-state index in [0.29, 0.717) is 17.3 Å². The van der Waals surface area contributed by atoms with Crippen LogP contribution in [0.5, 0.6) is 0 Å². The highest BCUT2D eigenvalue weighted by Gasteiger charge is 2.50. The van der Waals surface area contributed by atoms with Crippen molar-refractivity contribution in [3.8, 4) is 11.3 Å². The van der Waals surface area contributed by atoms with Gasteiger partial charge in [0, 0.05) is 83.6 Å². The van der Waals surface area contributed by atoms with Gasteiger partial charge in [0.25, 0.3) is 0 Å². The van der Waals surface area contributed by atoms with Crippen molar-refractivity contribution in [2.45, 2.75) is 57.4 Å². The fraction of sp³-hybridized carbons (Fsp3) is 0.517. The molecular weight excluding hydrogens is 450 g/mol. The summed E-state index contributed by atoms with van der Waals surface area (Å²) in [5.74, 6) is 3.77. The molecule has 0 aromatic carbocycles. The molecule has 0 unspecified atom stereocenters. The van der Waals surface area contributed by atoms with Crippen LogP contribution >= 0.6 is 11.8 Å². The van der Waals surface area contributed by atoms with Crippen molar-refractivity contribution in [3.05, 3.63) is 47.9 Å². The fourth-order valence-electron chi connectivity index (χ4n) is 6.90. The predicted octanol–water partition coefficient (Wildman–Crippen LogP) is 6.32. The van der Waals surface area contributed by atoms with E-state index in [1.54, 1.807) is 0 Å². The van der Waals surface area contributed by atoms with Crippen LogP contribution in [0.3, 0.4) is 0 Å². The minimum atomic E-state index is 0.382. The molecule has 0 amide bonds. The van der Waals surface area contributed by atoms with Crippen molar-refractivity contribution < 1.29 is 0 Å². The minimum Gasteiger partial charge on any atom is -0.353 e. The molecule has 2 aliphatic heterocycles. The number of rotatable bonds is 4. The normalized spacial score (nSPS) is 24.3. The molecule has 4 aromatic heterocycles. The van der Waals surface area contributed by atoms with Gasteiger partial charge in [-0.15, -0.1) is 0 Å². The maximum atomic E-state index is 5.33. The summed E-state index contributed by atoms with van der Waals surface area (Å²) in [5, 5.41) is 1.19. The third kappa shape index (κ3) is 3.47. The van der Waals surface area contributed by atoms with E-state index < -0.39 is 0 Å². The Labute approximate surface area is 211 Å². The Morgan fingerprint density at radius 2 is 1.89 bits per heavy atom. The van der Waals surface area contributed by atoms with Gasteiger partial charge >= 0.3 is 0 Å². The first-order valence-electron chi connectivity index (χ1n) is 13.3. The fourth-order valence-corrected chi connectivity index (χ4v) is 8.04. The highest BCUT2D eigenvalue weighted by molar-refractivity contribution is 8.00. The second-order valence-electron chi connectivity index (χ2n) is 11.6. The molecule has 1 spiro atoms. The molecule has 1 saturated carbocycles. The van der Waals surface area contributed by atoms with E-state index >= 15 is 0 Å². The van der Waals surface area contributed by atoms with Gasteiger partial charge in [-0.1, -0.05) is 13.8 Å². The van der Waals surface area contributed by atoms with Crippen LogP contribution in [0.15, 0.2) is 36.7 Å². The topological polar surface area (TPSA) is 49.7 Å². The Balaban J connectivity index is 1.18. The monoisotopic (exact) mass is 485 g/mol. The summed E-state index contributed by atoms with van der Waals surface area (Å²) in [6, 6.07) is 9.56. The highest BCUT2D eigenvalue weighted by atomic mass is 32.2. The largest absolute Gasteiger partial charge is 0.353 e. The zero-order chi connectivity index (χ0) is 23.7. The van der Waals surface area contributed by atoms with E-state index in [1.165, 1.54) is 78.2 Å². The summed E-state index contributed by atoms with van der Waals surface area (Å²) in [7, 11) is 2.08. The molecule has 6 heterocycles. The second kappa shape index (κ2) is 8.10. The summed E-state index contributed by atoms with van der Waals surface area (Å²) in [6.45, 7) is 7.28. The SMILES string of the molecule is CC(C)c1c(-c2cn(C)c3ncccc23)[nH]c2ccc(C3CCC(N4CC5(CSC5)C4)CC3)nc12. The first-order chi connectivity index (χ1) is 17.0. The van der Waals surface area contributed by atoms with Crippen LogP contribution in [0, 0.1) is 5.41 Å². The number of thioether (sulfide) groups is 1. The third-order valence-electron chi connectivity index (χ3n) is 8.81. The number of nitrogens with one attached hydrogen (secondary N) is 1. The van der Waals surface area contributed by atoms with Crippen LogP contribution in [0.1, 0.15) is 62.6 Å². The lowest BCUT2D eigenvalue weighted by atomic mass is 9.77. The van der Waals surface area contributed by atoms with Gasteiger partial charge in [-0.25, -0.2) is 4.98 Å². The molecular formula is C29H35N5S. The molecule has 4 aromatic rings. The van der Waals surface area contributed by atoms with Gasteiger partial charge in [0.1, 0.15) is 5.65 Å². The minimum absolute atomic E-state index is 0.382. The highest BCUT2D eigenvalue weighted by Crippen LogP contribution is 2.48. The molecule has 182 valence electrons. The molecule has 0 bridgehead atoms. The lowest BCUT2D eigenvalue weighted by Crippen LogP contribution is -2.65. The smallest absolute Gasteiger partial charge is 0.140 e. The number of hydrogen-bond acceptors (Lipinski definition) is 4. The van der Waals surface area contributed by atoms with E-state index in [-0.39, 0.29) is 0 Å². The average Bonchev–Trinajstić information content (AvgIpc) is 3.35. The molecule has 2 saturated heterocycles. The summed E-state index contributed by atoms with van der Waals surface area (Å²) in [6.07, 6.45) is 9.27. The molecule has 5 nitrogen and oxygen atoms in total.